The molecule has 4 heterocycles. The first-order chi connectivity index (χ1) is 19.6. The van der Waals surface area contributed by atoms with Crippen LogP contribution in [0.1, 0.15) is 54.9 Å². The number of hydrogen-bond acceptors (Lipinski definition) is 7. The lowest BCUT2D eigenvalue weighted by atomic mass is 9.94. The molecule has 0 saturated carbocycles. The standard InChI is InChI=1S/C31H36N4O3S3/c1-19(2)34-14-13-24-27(18-34)40-31(28(24)30-32-25-7-5-6-8-26(25)39-30)33-29(36)22-9-11-23(12-10-22)41(37,38)35-16-20(3)15-21(4)17-35/h5-12,19-21H,13-18H2,1-4H3,(H,33,36)/t20-,21+. The number of nitrogens with zero attached hydrogens (tertiary/aromatic N) is 3. The molecule has 1 fully saturated rings. The zero-order valence-electron chi connectivity index (χ0n) is 23.9. The first kappa shape index (κ1) is 28.5. The number of carbonyl (C=O) groups is 1. The van der Waals surface area contributed by atoms with Crippen molar-refractivity contribution in [2.45, 2.75) is 58.0 Å². The summed E-state index contributed by atoms with van der Waals surface area (Å²) in [4.78, 5) is 22.4. The third kappa shape index (κ3) is 5.60. The molecule has 1 amide bonds. The number of rotatable bonds is 6. The number of hydrogen-bond donors (Lipinski definition) is 1. The van der Waals surface area contributed by atoms with Crippen LogP contribution >= 0.6 is 22.7 Å². The summed E-state index contributed by atoms with van der Waals surface area (Å²) >= 11 is 3.28. The second kappa shape index (κ2) is 11.2. The molecule has 0 aliphatic carbocycles. The van der Waals surface area contributed by atoms with Crippen LogP contribution in [0, 0.1) is 11.8 Å². The summed E-state index contributed by atoms with van der Waals surface area (Å²) in [7, 11) is -3.61. The van der Waals surface area contributed by atoms with Crippen LogP contribution in [-0.2, 0) is 23.0 Å². The van der Waals surface area contributed by atoms with Crippen molar-refractivity contribution in [1.82, 2.24) is 14.2 Å². The van der Waals surface area contributed by atoms with Crippen molar-refractivity contribution in [3.05, 3.63) is 64.5 Å². The Morgan fingerprint density at radius 2 is 1.73 bits per heavy atom. The smallest absolute Gasteiger partial charge is 0.256 e. The maximum absolute atomic E-state index is 13.5. The molecule has 1 saturated heterocycles. The molecule has 2 aliphatic heterocycles. The van der Waals surface area contributed by atoms with Gasteiger partial charge in [-0.25, -0.2) is 13.4 Å². The van der Waals surface area contributed by atoms with Gasteiger partial charge in [0, 0.05) is 48.2 Å². The number of benzene rings is 2. The summed E-state index contributed by atoms with van der Waals surface area (Å²) in [5.41, 5.74) is 3.68. The lowest BCUT2D eigenvalue weighted by Gasteiger charge is -2.34. The molecular weight excluding hydrogens is 573 g/mol. The first-order valence-corrected chi connectivity index (χ1v) is 17.3. The Kier molecular flexibility index (Phi) is 7.80. The normalized spacial score (nSPS) is 20.4. The molecule has 10 heteroatoms. The van der Waals surface area contributed by atoms with Gasteiger partial charge < -0.3 is 5.32 Å². The van der Waals surface area contributed by atoms with E-state index in [0.29, 0.717) is 36.5 Å². The first-order valence-electron chi connectivity index (χ1n) is 14.3. The summed E-state index contributed by atoms with van der Waals surface area (Å²) in [6.07, 6.45) is 1.94. The highest BCUT2D eigenvalue weighted by Gasteiger charge is 2.32. The molecule has 216 valence electrons. The van der Waals surface area contributed by atoms with Gasteiger partial charge in [0.15, 0.2) is 0 Å². The van der Waals surface area contributed by atoms with Gasteiger partial charge in [-0.05, 0) is 80.5 Å². The van der Waals surface area contributed by atoms with Gasteiger partial charge >= 0.3 is 0 Å². The largest absolute Gasteiger partial charge is 0.313 e. The molecule has 0 spiro atoms. The number of anilines is 1. The minimum absolute atomic E-state index is 0.228. The number of aromatic nitrogens is 1. The lowest BCUT2D eigenvalue weighted by molar-refractivity contribution is 0.102. The Morgan fingerprint density at radius 3 is 2.41 bits per heavy atom. The Morgan fingerprint density at radius 1 is 1.02 bits per heavy atom. The highest BCUT2D eigenvalue weighted by molar-refractivity contribution is 7.89. The number of thiazole rings is 1. The summed E-state index contributed by atoms with van der Waals surface area (Å²) < 4.78 is 29.4. The Bertz CT molecular complexity index is 1650. The maximum atomic E-state index is 13.5. The second-order valence-electron chi connectivity index (χ2n) is 11.8. The summed E-state index contributed by atoms with van der Waals surface area (Å²) in [6, 6.07) is 14.9. The van der Waals surface area contributed by atoms with E-state index in [2.05, 4.69) is 44.0 Å². The van der Waals surface area contributed by atoms with Crippen molar-refractivity contribution in [3.63, 3.8) is 0 Å². The molecule has 1 N–H and O–H groups in total. The van der Waals surface area contributed by atoms with Gasteiger partial charge in [-0.15, -0.1) is 22.7 Å². The van der Waals surface area contributed by atoms with Crippen LogP contribution in [0.5, 0.6) is 0 Å². The Hall–Kier alpha value is -2.63. The third-order valence-electron chi connectivity index (χ3n) is 8.14. The van der Waals surface area contributed by atoms with E-state index >= 15 is 0 Å². The quantitative estimate of drug-likeness (QED) is 0.263. The van der Waals surface area contributed by atoms with Crippen LogP contribution in [-0.4, -0.2) is 54.2 Å². The van der Waals surface area contributed by atoms with E-state index in [4.69, 9.17) is 4.98 Å². The van der Waals surface area contributed by atoms with E-state index < -0.39 is 10.0 Å². The van der Waals surface area contributed by atoms with E-state index in [0.717, 1.165) is 51.7 Å². The number of carbonyl (C=O) groups excluding carboxylic acids is 1. The zero-order chi connectivity index (χ0) is 28.9. The van der Waals surface area contributed by atoms with E-state index in [1.807, 2.05) is 18.2 Å². The average Bonchev–Trinajstić information content (AvgIpc) is 3.52. The molecular formula is C31H36N4O3S3. The average molecular weight is 609 g/mol. The van der Waals surface area contributed by atoms with Crippen LogP contribution in [0.2, 0.25) is 0 Å². The van der Waals surface area contributed by atoms with Gasteiger partial charge in [0.05, 0.1) is 15.1 Å². The van der Waals surface area contributed by atoms with Crippen LogP contribution in [0.3, 0.4) is 0 Å². The number of amides is 1. The molecule has 2 aromatic heterocycles. The van der Waals surface area contributed by atoms with Gasteiger partial charge in [0.2, 0.25) is 10.0 Å². The van der Waals surface area contributed by atoms with Gasteiger partial charge in [-0.2, -0.15) is 4.31 Å². The SMILES string of the molecule is CC(C)N1CCc2c(sc(NC(=O)c3ccc(S(=O)(=O)N4C[C@H](C)C[C@H](C)C4)cc3)c2-c2nc3ccccc3s2)C1. The van der Waals surface area contributed by atoms with Crippen molar-refractivity contribution < 1.29 is 13.2 Å². The minimum atomic E-state index is -3.61. The number of sulfonamides is 1. The fourth-order valence-electron chi connectivity index (χ4n) is 6.06. The monoisotopic (exact) mass is 608 g/mol. The molecule has 0 bridgehead atoms. The van der Waals surface area contributed by atoms with Crippen molar-refractivity contribution in [2.24, 2.45) is 11.8 Å². The predicted molar refractivity (Wildman–Crippen MR) is 168 cm³/mol. The predicted octanol–water partition coefficient (Wildman–Crippen LogP) is 6.71. The summed E-state index contributed by atoms with van der Waals surface area (Å²) in [5.74, 6) is 0.399. The molecule has 4 aromatic rings. The zero-order valence-corrected chi connectivity index (χ0v) is 26.3. The fraction of sp³-hybridized carbons (Fsp3) is 0.419. The second-order valence-corrected chi connectivity index (χ2v) is 15.8. The van der Waals surface area contributed by atoms with Crippen LogP contribution in [0.4, 0.5) is 5.00 Å². The topological polar surface area (TPSA) is 82.6 Å². The van der Waals surface area contributed by atoms with E-state index in [1.165, 1.54) is 10.4 Å². The molecule has 41 heavy (non-hydrogen) atoms. The number of piperidine rings is 1. The Labute approximate surface area is 250 Å². The number of thiophene rings is 1. The number of para-hydroxylation sites is 1. The number of nitrogens with one attached hydrogen (secondary N) is 1. The molecule has 0 unspecified atom stereocenters. The summed E-state index contributed by atoms with van der Waals surface area (Å²) in [6.45, 7) is 11.5. The van der Waals surface area contributed by atoms with Crippen molar-refractivity contribution in [1.29, 1.82) is 0 Å². The van der Waals surface area contributed by atoms with E-state index in [9.17, 15) is 13.2 Å². The van der Waals surface area contributed by atoms with E-state index in [-0.39, 0.29) is 10.8 Å². The highest BCUT2D eigenvalue weighted by Crippen LogP contribution is 2.46. The van der Waals surface area contributed by atoms with Crippen molar-refractivity contribution in [3.8, 4) is 10.6 Å². The Balaban J connectivity index is 1.29. The molecule has 6 rings (SSSR count). The number of fused-ring (bicyclic) bond motifs is 2. The van der Waals surface area contributed by atoms with Gasteiger partial charge in [0.25, 0.3) is 5.91 Å². The van der Waals surface area contributed by atoms with Crippen LogP contribution in [0.15, 0.2) is 53.4 Å². The summed E-state index contributed by atoms with van der Waals surface area (Å²) in [5, 5.41) is 4.90. The van der Waals surface area contributed by atoms with Gasteiger partial charge in [-0.3, -0.25) is 9.69 Å². The molecule has 0 radical (unpaired) electrons. The van der Waals surface area contributed by atoms with Gasteiger partial charge in [0.1, 0.15) is 10.0 Å². The van der Waals surface area contributed by atoms with Crippen molar-refractivity contribution in [2.75, 3.05) is 25.0 Å². The lowest BCUT2D eigenvalue weighted by Crippen LogP contribution is -2.42. The minimum Gasteiger partial charge on any atom is -0.313 e. The highest BCUT2D eigenvalue weighted by atomic mass is 32.2. The molecule has 2 aromatic carbocycles. The molecule has 2 aliphatic rings. The van der Waals surface area contributed by atoms with Crippen LogP contribution < -0.4 is 5.32 Å². The molecule has 7 nitrogen and oxygen atoms in total. The third-order valence-corrected chi connectivity index (χ3v) is 12.2. The van der Waals surface area contributed by atoms with Gasteiger partial charge in [-0.1, -0.05) is 26.0 Å². The van der Waals surface area contributed by atoms with E-state index in [1.54, 1.807) is 51.2 Å². The fourth-order valence-corrected chi connectivity index (χ4v) is 10.1. The van der Waals surface area contributed by atoms with Crippen LogP contribution in [0.25, 0.3) is 20.8 Å². The molecule has 2 atom stereocenters. The maximum Gasteiger partial charge on any atom is 0.256 e. The van der Waals surface area contributed by atoms with Crippen molar-refractivity contribution >= 4 is 53.8 Å².